The van der Waals surface area contributed by atoms with Crippen LogP contribution in [-0.2, 0) is 6.54 Å². The fourth-order valence-electron chi connectivity index (χ4n) is 2.22. The molecule has 17 heavy (non-hydrogen) atoms. The van der Waals surface area contributed by atoms with Gasteiger partial charge in [-0.15, -0.1) is 10.2 Å². The standard InChI is InChI=1S/C12H13ClN4/c1-8-15-16-12-11(14-6-7-17(8)12)9-2-4-10(13)5-3-9/h2-5,11,14H,6-7H2,1H3. The highest BCUT2D eigenvalue weighted by Gasteiger charge is 2.24. The van der Waals surface area contributed by atoms with Crippen molar-refractivity contribution in [1.82, 2.24) is 20.1 Å². The van der Waals surface area contributed by atoms with E-state index in [0.717, 1.165) is 29.8 Å². The van der Waals surface area contributed by atoms with Crippen molar-refractivity contribution in [1.29, 1.82) is 0 Å². The van der Waals surface area contributed by atoms with Crippen molar-refractivity contribution in [3.8, 4) is 0 Å². The van der Waals surface area contributed by atoms with Gasteiger partial charge in [-0.1, -0.05) is 23.7 Å². The lowest BCUT2D eigenvalue weighted by atomic mass is 10.1. The molecule has 0 spiro atoms. The van der Waals surface area contributed by atoms with E-state index in [2.05, 4.69) is 20.1 Å². The van der Waals surface area contributed by atoms with E-state index in [9.17, 15) is 0 Å². The summed E-state index contributed by atoms with van der Waals surface area (Å²) in [5.74, 6) is 1.96. The Kier molecular flexibility index (Phi) is 2.61. The summed E-state index contributed by atoms with van der Waals surface area (Å²) in [4.78, 5) is 0. The van der Waals surface area contributed by atoms with Crippen LogP contribution in [0.1, 0.15) is 23.3 Å². The van der Waals surface area contributed by atoms with Gasteiger partial charge in [-0.25, -0.2) is 0 Å². The lowest BCUT2D eigenvalue weighted by Crippen LogP contribution is -2.34. The molecule has 2 aromatic rings. The quantitative estimate of drug-likeness (QED) is 0.839. The Morgan fingerprint density at radius 1 is 1.29 bits per heavy atom. The molecule has 1 aromatic heterocycles. The van der Waals surface area contributed by atoms with Gasteiger partial charge in [0, 0.05) is 18.1 Å². The zero-order valence-corrected chi connectivity index (χ0v) is 10.3. The summed E-state index contributed by atoms with van der Waals surface area (Å²) in [7, 11) is 0. The molecule has 0 fully saturated rings. The first-order chi connectivity index (χ1) is 8.25. The van der Waals surface area contributed by atoms with Gasteiger partial charge in [0.1, 0.15) is 5.82 Å². The van der Waals surface area contributed by atoms with Gasteiger partial charge in [0.25, 0.3) is 0 Å². The van der Waals surface area contributed by atoms with Crippen LogP contribution in [0.2, 0.25) is 5.02 Å². The van der Waals surface area contributed by atoms with Crippen molar-refractivity contribution in [2.45, 2.75) is 19.5 Å². The lowest BCUT2D eigenvalue weighted by molar-refractivity contribution is 0.451. The van der Waals surface area contributed by atoms with Gasteiger partial charge in [0.2, 0.25) is 0 Å². The van der Waals surface area contributed by atoms with Crippen LogP contribution in [0.3, 0.4) is 0 Å². The normalized spacial score (nSPS) is 19.1. The second kappa shape index (κ2) is 4.13. The van der Waals surface area contributed by atoms with Crippen LogP contribution in [0, 0.1) is 6.92 Å². The van der Waals surface area contributed by atoms with E-state index in [4.69, 9.17) is 11.6 Å². The van der Waals surface area contributed by atoms with Crippen LogP contribution >= 0.6 is 11.6 Å². The fourth-order valence-corrected chi connectivity index (χ4v) is 2.35. The minimum absolute atomic E-state index is 0.113. The largest absolute Gasteiger partial charge is 0.312 e. The van der Waals surface area contributed by atoms with Crippen molar-refractivity contribution < 1.29 is 0 Å². The van der Waals surface area contributed by atoms with Crippen molar-refractivity contribution in [2.75, 3.05) is 6.54 Å². The summed E-state index contributed by atoms with van der Waals surface area (Å²) in [5, 5.41) is 12.6. The van der Waals surface area contributed by atoms with Gasteiger partial charge in [-0.2, -0.15) is 0 Å². The van der Waals surface area contributed by atoms with Gasteiger partial charge in [-0.05, 0) is 24.6 Å². The van der Waals surface area contributed by atoms with Gasteiger partial charge in [0.05, 0.1) is 6.04 Å². The molecule has 1 aliphatic heterocycles. The monoisotopic (exact) mass is 248 g/mol. The Labute approximate surface area is 105 Å². The molecule has 0 radical (unpaired) electrons. The third-order valence-corrected chi connectivity index (χ3v) is 3.36. The van der Waals surface area contributed by atoms with E-state index in [0.29, 0.717) is 0 Å². The summed E-state index contributed by atoms with van der Waals surface area (Å²) in [5.41, 5.74) is 1.17. The number of hydrogen-bond donors (Lipinski definition) is 1. The molecule has 3 rings (SSSR count). The van der Waals surface area contributed by atoms with Crippen molar-refractivity contribution in [3.05, 3.63) is 46.5 Å². The SMILES string of the molecule is Cc1nnc2n1CCNC2c1ccc(Cl)cc1. The third kappa shape index (κ3) is 1.83. The highest BCUT2D eigenvalue weighted by molar-refractivity contribution is 6.30. The van der Waals surface area contributed by atoms with Crippen LogP contribution in [0.15, 0.2) is 24.3 Å². The molecular formula is C12H13ClN4. The molecule has 0 saturated carbocycles. The minimum Gasteiger partial charge on any atom is -0.312 e. The van der Waals surface area contributed by atoms with Gasteiger partial charge >= 0.3 is 0 Å². The number of halogens is 1. The molecule has 0 saturated heterocycles. The Bertz CT molecular complexity index is 532. The number of benzene rings is 1. The molecule has 2 heterocycles. The maximum atomic E-state index is 5.90. The summed E-state index contributed by atoms with van der Waals surface area (Å²) >= 11 is 5.90. The summed E-state index contributed by atoms with van der Waals surface area (Å²) in [6, 6.07) is 7.98. The van der Waals surface area contributed by atoms with E-state index in [-0.39, 0.29) is 6.04 Å². The summed E-state index contributed by atoms with van der Waals surface area (Å²) < 4.78 is 2.16. The van der Waals surface area contributed by atoms with Gasteiger partial charge in [0.15, 0.2) is 5.82 Å². The average molecular weight is 249 g/mol. The topological polar surface area (TPSA) is 42.7 Å². The molecule has 0 bridgehead atoms. The molecule has 4 nitrogen and oxygen atoms in total. The van der Waals surface area contributed by atoms with E-state index in [1.54, 1.807) is 0 Å². The zero-order valence-electron chi connectivity index (χ0n) is 9.52. The first-order valence-electron chi connectivity index (χ1n) is 5.64. The molecule has 1 N–H and O–H groups in total. The van der Waals surface area contributed by atoms with E-state index in [1.807, 2.05) is 31.2 Å². The van der Waals surface area contributed by atoms with Crippen LogP contribution in [0.25, 0.3) is 0 Å². The van der Waals surface area contributed by atoms with E-state index in [1.165, 1.54) is 5.56 Å². The molecule has 5 heteroatoms. The number of hydrogen-bond acceptors (Lipinski definition) is 3. The Morgan fingerprint density at radius 2 is 2.06 bits per heavy atom. The third-order valence-electron chi connectivity index (χ3n) is 3.11. The predicted molar refractivity (Wildman–Crippen MR) is 66.1 cm³/mol. The minimum atomic E-state index is 0.113. The molecule has 1 unspecified atom stereocenters. The highest BCUT2D eigenvalue weighted by Crippen LogP contribution is 2.24. The van der Waals surface area contributed by atoms with Gasteiger partial charge < -0.3 is 9.88 Å². The van der Waals surface area contributed by atoms with Crippen LogP contribution in [0.5, 0.6) is 0 Å². The number of nitrogens with zero attached hydrogens (tertiary/aromatic N) is 3. The predicted octanol–water partition coefficient (Wildman–Crippen LogP) is 1.93. The number of aryl methyl sites for hydroxylation is 1. The molecular weight excluding hydrogens is 236 g/mol. The molecule has 0 amide bonds. The maximum Gasteiger partial charge on any atom is 0.154 e. The van der Waals surface area contributed by atoms with Crippen LogP contribution < -0.4 is 5.32 Å². The smallest absolute Gasteiger partial charge is 0.154 e. The average Bonchev–Trinajstić information content (AvgIpc) is 2.73. The Morgan fingerprint density at radius 3 is 2.82 bits per heavy atom. The van der Waals surface area contributed by atoms with Crippen LogP contribution in [-0.4, -0.2) is 21.3 Å². The first-order valence-corrected chi connectivity index (χ1v) is 6.02. The number of aromatic nitrogens is 3. The summed E-state index contributed by atoms with van der Waals surface area (Å²) in [6.07, 6.45) is 0. The molecule has 1 aliphatic rings. The number of nitrogens with one attached hydrogen (secondary N) is 1. The Balaban J connectivity index is 2.02. The lowest BCUT2D eigenvalue weighted by Gasteiger charge is -2.25. The van der Waals surface area contributed by atoms with Crippen molar-refractivity contribution in [2.24, 2.45) is 0 Å². The van der Waals surface area contributed by atoms with Crippen molar-refractivity contribution in [3.63, 3.8) is 0 Å². The molecule has 88 valence electrons. The zero-order chi connectivity index (χ0) is 11.8. The maximum absolute atomic E-state index is 5.90. The van der Waals surface area contributed by atoms with Gasteiger partial charge in [-0.3, -0.25) is 0 Å². The molecule has 0 aliphatic carbocycles. The second-order valence-electron chi connectivity index (χ2n) is 4.20. The highest BCUT2D eigenvalue weighted by atomic mass is 35.5. The first kappa shape index (κ1) is 10.7. The Hall–Kier alpha value is -1.39. The number of fused-ring (bicyclic) bond motifs is 1. The molecule has 1 atom stereocenters. The molecule has 1 aromatic carbocycles. The van der Waals surface area contributed by atoms with E-state index < -0.39 is 0 Å². The number of rotatable bonds is 1. The van der Waals surface area contributed by atoms with E-state index >= 15 is 0 Å². The second-order valence-corrected chi connectivity index (χ2v) is 4.63. The summed E-state index contributed by atoms with van der Waals surface area (Å²) in [6.45, 7) is 3.85. The van der Waals surface area contributed by atoms with Crippen LogP contribution in [0.4, 0.5) is 0 Å². The fraction of sp³-hybridized carbons (Fsp3) is 0.333. The van der Waals surface area contributed by atoms with Crippen molar-refractivity contribution >= 4 is 11.6 Å².